The quantitative estimate of drug-likeness (QED) is 0.265. The first-order valence-corrected chi connectivity index (χ1v) is 9.45. The molecule has 4 aromatic rings. The summed E-state index contributed by atoms with van der Waals surface area (Å²) in [6.45, 7) is 1.86. The number of carbonyl (C=O) groups excluding carboxylic acids is 1. The number of nitrogens with one attached hydrogen (secondary N) is 1. The summed E-state index contributed by atoms with van der Waals surface area (Å²) < 4.78 is 10.3. The van der Waals surface area contributed by atoms with Gasteiger partial charge in [0.15, 0.2) is 0 Å². The lowest BCUT2D eigenvalue weighted by Crippen LogP contribution is -2.04. The van der Waals surface area contributed by atoms with Crippen molar-refractivity contribution in [3.05, 3.63) is 82.3 Å². The first kappa shape index (κ1) is 20.7. The number of benzene rings is 2. The second kappa shape index (κ2) is 8.64. The van der Waals surface area contributed by atoms with E-state index in [1.165, 1.54) is 31.4 Å². The van der Waals surface area contributed by atoms with Crippen LogP contribution < -0.4 is 10.1 Å². The van der Waals surface area contributed by atoms with E-state index in [1.807, 2.05) is 31.2 Å². The van der Waals surface area contributed by atoms with Crippen LogP contribution in [0.5, 0.6) is 11.6 Å². The van der Waals surface area contributed by atoms with Gasteiger partial charge in [-0.3, -0.25) is 15.1 Å². The zero-order chi connectivity index (χ0) is 22.7. The van der Waals surface area contributed by atoms with Crippen molar-refractivity contribution in [3.63, 3.8) is 0 Å². The van der Waals surface area contributed by atoms with Crippen LogP contribution in [0.1, 0.15) is 16.1 Å². The Kier molecular flexibility index (Phi) is 5.58. The summed E-state index contributed by atoms with van der Waals surface area (Å²) in [6, 6.07) is 15.2. The Morgan fingerprint density at radius 2 is 1.84 bits per heavy atom. The number of pyridine rings is 1. The number of hydrogen-bond acceptors (Lipinski definition) is 9. The number of nitrogens with zero attached hydrogens (tertiary/aromatic N) is 4. The number of esters is 1. The normalized spacial score (nSPS) is 10.6. The van der Waals surface area contributed by atoms with E-state index >= 15 is 0 Å². The highest BCUT2D eigenvalue weighted by molar-refractivity contribution is 5.92. The number of rotatable bonds is 6. The molecule has 0 aliphatic rings. The Morgan fingerprint density at radius 1 is 1.06 bits per heavy atom. The van der Waals surface area contributed by atoms with Crippen LogP contribution in [-0.4, -0.2) is 33.0 Å². The molecule has 0 radical (unpaired) electrons. The van der Waals surface area contributed by atoms with Crippen molar-refractivity contribution in [3.8, 4) is 11.6 Å². The molecule has 32 heavy (non-hydrogen) atoms. The largest absolute Gasteiger partial charge is 0.465 e. The van der Waals surface area contributed by atoms with E-state index in [1.54, 1.807) is 6.07 Å². The molecule has 1 N–H and O–H groups in total. The van der Waals surface area contributed by atoms with Gasteiger partial charge in [0, 0.05) is 11.1 Å². The van der Waals surface area contributed by atoms with Crippen molar-refractivity contribution >= 4 is 34.1 Å². The monoisotopic (exact) mass is 431 g/mol. The predicted octanol–water partition coefficient (Wildman–Crippen LogP) is 4.56. The summed E-state index contributed by atoms with van der Waals surface area (Å²) in [5.41, 5.74) is 1.90. The smallest absolute Gasteiger partial charge is 0.373 e. The Balaban J connectivity index is 1.70. The summed E-state index contributed by atoms with van der Waals surface area (Å²) in [5.74, 6) is -0.535. The molecule has 0 bridgehead atoms. The van der Waals surface area contributed by atoms with Crippen molar-refractivity contribution in [2.45, 2.75) is 6.92 Å². The van der Waals surface area contributed by atoms with Crippen molar-refractivity contribution < 1.29 is 19.2 Å². The zero-order valence-corrected chi connectivity index (χ0v) is 17.1. The topological polar surface area (TPSA) is 129 Å². The van der Waals surface area contributed by atoms with Crippen molar-refractivity contribution in [2.24, 2.45) is 0 Å². The van der Waals surface area contributed by atoms with Crippen LogP contribution in [0.4, 0.5) is 17.2 Å². The van der Waals surface area contributed by atoms with Gasteiger partial charge < -0.3 is 14.8 Å². The van der Waals surface area contributed by atoms with E-state index in [0.29, 0.717) is 16.8 Å². The minimum absolute atomic E-state index is 0.0398. The van der Waals surface area contributed by atoms with E-state index in [0.717, 1.165) is 17.4 Å². The lowest BCUT2D eigenvalue weighted by atomic mass is 10.1. The number of methoxy groups -OCH3 is 1. The van der Waals surface area contributed by atoms with E-state index in [2.05, 4.69) is 25.0 Å². The van der Waals surface area contributed by atoms with E-state index in [4.69, 9.17) is 4.74 Å². The minimum Gasteiger partial charge on any atom is -0.465 e. The molecule has 0 fully saturated rings. The van der Waals surface area contributed by atoms with Crippen LogP contribution in [0, 0.1) is 17.0 Å². The fourth-order valence-electron chi connectivity index (χ4n) is 3.05. The molecule has 2 aromatic heterocycles. The summed E-state index contributed by atoms with van der Waals surface area (Å²) in [4.78, 5) is 35.3. The standard InChI is InChI=1S/C22H17N5O5/c1-13-6-7-14-4-3-5-17(18(14)25-13)26-20-19(27(29)30)21(24-12-23-20)32-16-10-8-15(9-11-16)22(28)31-2/h3-12H,1-2H3,(H,23,24,26). The van der Waals surface area contributed by atoms with Crippen molar-refractivity contribution in [2.75, 3.05) is 12.4 Å². The van der Waals surface area contributed by atoms with Crippen LogP contribution in [-0.2, 0) is 4.74 Å². The van der Waals surface area contributed by atoms with Gasteiger partial charge in [-0.25, -0.2) is 9.78 Å². The highest BCUT2D eigenvalue weighted by atomic mass is 16.6. The first-order chi connectivity index (χ1) is 15.5. The third-order valence-electron chi connectivity index (χ3n) is 4.57. The third-order valence-corrected chi connectivity index (χ3v) is 4.57. The maximum atomic E-state index is 11.9. The van der Waals surface area contributed by atoms with E-state index < -0.39 is 16.6 Å². The summed E-state index contributed by atoms with van der Waals surface area (Å²) in [7, 11) is 1.28. The second-order valence-corrected chi connectivity index (χ2v) is 6.71. The third kappa shape index (κ3) is 4.15. The van der Waals surface area contributed by atoms with Gasteiger partial charge in [0.05, 0.1) is 28.8 Å². The fourth-order valence-corrected chi connectivity index (χ4v) is 3.05. The van der Waals surface area contributed by atoms with Crippen molar-refractivity contribution in [1.29, 1.82) is 0 Å². The Labute approximate surface area is 182 Å². The number of hydrogen-bond donors (Lipinski definition) is 1. The molecule has 0 aliphatic carbocycles. The van der Waals surface area contributed by atoms with Gasteiger partial charge >= 0.3 is 17.5 Å². The van der Waals surface area contributed by atoms with E-state index in [-0.39, 0.29) is 17.4 Å². The molecule has 0 aliphatic heterocycles. The van der Waals surface area contributed by atoms with Gasteiger partial charge in [0.25, 0.3) is 0 Å². The maximum Gasteiger partial charge on any atom is 0.373 e. The number of para-hydroxylation sites is 1. The minimum atomic E-state index is -0.621. The molecule has 0 atom stereocenters. The Bertz CT molecular complexity index is 1320. The summed E-state index contributed by atoms with van der Waals surface area (Å²) >= 11 is 0. The average molecular weight is 431 g/mol. The molecule has 2 heterocycles. The molecule has 0 saturated carbocycles. The average Bonchev–Trinajstić information content (AvgIpc) is 2.79. The van der Waals surface area contributed by atoms with Gasteiger partial charge in [0.1, 0.15) is 12.1 Å². The molecule has 10 nitrogen and oxygen atoms in total. The van der Waals surface area contributed by atoms with Gasteiger partial charge in [0.2, 0.25) is 5.82 Å². The summed E-state index contributed by atoms with van der Waals surface area (Å²) in [5, 5.41) is 15.7. The molecular weight excluding hydrogens is 414 g/mol. The van der Waals surface area contributed by atoms with Crippen LogP contribution in [0.25, 0.3) is 10.9 Å². The molecule has 0 spiro atoms. The molecule has 10 heteroatoms. The van der Waals surface area contributed by atoms with Crippen LogP contribution in [0.2, 0.25) is 0 Å². The second-order valence-electron chi connectivity index (χ2n) is 6.71. The van der Waals surface area contributed by atoms with Crippen LogP contribution in [0.15, 0.2) is 60.9 Å². The fraction of sp³-hybridized carbons (Fsp3) is 0.0909. The molecule has 4 rings (SSSR count). The number of aryl methyl sites for hydroxylation is 1. The van der Waals surface area contributed by atoms with Gasteiger partial charge in [-0.15, -0.1) is 0 Å². The highest BCUT2D eigenvalue weighted by Gasteiger charge is 2.26. The molecule has 0 saturated heterocycles. The van der Waals surface area contributed by atoms with Crippen molar-refractivity contribution in [1.82, 2.24) is 15.0 Å². The lowest BCUT2D eigenvalue weighted by Gasteiger charge is -2.11. The van der Waals surface area contributed by atoms with Crippen LogP contribution >= 0.6 is 0 Å². The molecular formula is C22H17N5O5. The number of nitro groups is 1. The SMILES string of the molecule is COC(=O)c1ccc(Oc2ncnc(Nc3cccc4ccc(C)nc34)c2[N+](=O)[O-])cc1. The number of fused-ring (bicyclic) bond motifs is 1. The highest BCUT2D eigenvalue weighted by Crippen LogP contribution is 2.36. The molecule has 0 unspecified atom stereocenters. The van der Waals surface area contributed by atoms with E-state index in [9.17, 15) is 14.9 Å². The number of anilines is 2. The van der Waals surface area contributed by atoms with Gasteiger partial charge in [-0.05, 0) is 43.3 Å². The number of aromatic nitrogens is 3. The maximum absolute atomic E-state index is 11.9. The Hall–Kier alpha value is -4.60. The summed E-state index contributed by atoms with van der Waals surface area (Å²) in [6.07, 6.45) is 1.16. The lowest BCUT2D eigenvalue weighted by molar-refractivity contribution is -0.385. The van der Waals surface area contributed by atoms with Gasteiger partial charge in [-0.1, -0.05) is 18.2 Å². The zero-order valence-electron chi connectivity index (χ0n) is 17.1. The first-order valence-electron chi connectivity index (χ1n) is 9.45. The molecule has 0 amide bonds. The number of carbonyl (C=O) groups is 1. The van der Waals surface area contributed by atoms with Gasteiger partial charge in [-0.2, -0.15) is 4.98 Å². The molecule has 2 aromatic carbocycles. The van der Waals surface area contributed by atoms with Crippen LogP contribution in [0.3, 0.4) is 0 Å². The Morgan fingerprint density at radius 3 is 2.56 bits per heavy atom. The molecule has 160 valence electrons. The predicted molar refractivity (Wildman–Crippen MR) is 116 cm³/mol. The number of ether oxygens (including phenoxy) is 2.